The summed E-state index contributed by atoms with van der Waals surface area (Å²) in [5.74, 6) is 1.47. The molecule has 4 nitrogen and oxygen atoms in total. The minimum atomic E-state index is -0.0164. The van der Waals surface area contributed by atoms with E-state index in [-0.39, 0.29) is 11.9 Å². The van der Waals surface area contributed by atoms with Gasteiger partial charge in [-0.05, 0) is 52.7 Å². The number of hydrogen-bond donors (Lipinski definition) is 1. The molecule has 1 saturated carbocycles. The average molecular weight is 299 g/mol. The van der Waals surface area contributed by atoms with Crippen molar-refractivity contribution >= 4 is 21.8 Å². The number of fused-ring (bicyclic) bond motifs is 1. The van der Waals surface area contributed by atoms with Gasteiger partial charge in [-0.1, -0.05) is 0 Å². The molecule has 92 valence electrons. The third-order valence-electron chi connectivity index (χ3n) is 3.98. The van der Waals surface area contributed by atoms with Gasteiger partial charge in [-0.3, -0.25) is 4.79 Å². The quantitative estimate of drug-likeness (QED) is 0.861. The van der Waals surface area contributed by atoms with Crippen LogP contribution in [0, 0.1) is 11.8 Å². The number of likely N-dealkylation sites (tertiary alicyclic amines) is 1. The summed E-state index contributed by atoms with van der Waals surface area (Å²) in [4.78, 5) is 14.0. The Hall–Kier alpha value is -0.810. The molecule has 2 fully saturated rings. The van der Waals surface area contributed by atoms with Crippen molar-refractivity contribution in [2.24, 2.45) is 17.6 Å². The standard InChI is InChI=1S/C12H15BrN2O2/c13-11-4-3-10(17-11)12(16)15-5-7-1-2-9(14)8(7)6-15/h3-4,7-9H,1-2,5-6,14H2. The van der Waals surface area contributed by atoms with Gasteiger partial charge in [-0.15, -0.1) is 0 Å². The van der Waals surface area contributed by atoms with E-state index < -0.39 is 0 Å². The zero-order chi connectivity index (χ0) is 12.0. The van der Waals surface area contributed by atoms with Gasteiger partial charge in [-0.25, -0.2) is 0 Å². The van der Waals surface area contributed by atoms with Crippen LogP contribution in [0.4, 0.5) is 0 Å². The third kappa shape index (κ3) is 1.91. The molecular formula is C12H15BrN2O2. The molecule has 1 saturated heterocycles. The van der Waals surface area contributed by atoms with Gasteiger partial charge in [0.25, 0.3) is 5.91 Å². The fourth-order valence-electron chi connectivity index (χ4n) is 3.06. The number of nitrogens with zero attached hydrogens (tertiary/aromatic N) is 1. The summed E-state index contributed by atoms with van der Waals surface area (Å²) in [6.45, 7) is 1.61. The third-order valence-corrected chi connectivity index (χ3v) is 4.41. The summed E-state index contributed by atoms with van der Waals surface area (Å²) in [5.41, 5.74) is 6.06. The zero-order valence-corrected chi connectivity index (χ0v) is 11.0. The minimum Gasteiger partial charge on any atom is -0.444 e. The van der Waals surface area contributed by atoms with Crippen LogP contribution in [0.2, 0.25) is 0 Å². The van der Waals surface area contributed by atoms with E-state index >= 15 is 0 Å². The summed E-state index contributed by atoms with van der Waals surface area (Å²) in [5, 5.41) is 0. The molecule has 1 aliphatic heterocycles. The van der Waals surface area contributed by atoms with Crippen molar-refractivity contribution in [2.75, 3.05) is 13.1 Å². The van der Waals surface area contributed by atoms with Gasteiger partial charge in [0.1, 0.15) is 0 Å². The normalized spacial score (nSPS) is 31.9. The van der Waals surface area contributed by atoms with E-state index in [0.717, 1.165) is 25.9 Å². The average Bonchev–Trinajstić information content (AvgIpc) is 2.96. The van der Waals surface area contributed by atoms with Gasteiger partial charge < -0.3 is 15.1 Å². The molecule has 5 heteroatoms. The van der Waals surface area contributed by atoms with Crippen LogP contribution in [0.25, 0.3) is 0 Å². The Morgan fingerprint density at radius 3 is 2.88 bits per heavy atom. The first-order valence-corrected chi connectivity index (χ1v) is 6.74. The molecule has 0 bridgehead atoms. The first-order valence-electron chi connectivity index (χ1n) is 5.95. The molecule has 2 N–H and O–H groups in total. The van der Waals surface area contributed by atoms with E-state index in [0.29, 0.717) is 22.3 Å². The minimum absolute atomic E-state index is 0.0164. The van der Waals surface area contributed by atoms with Crippen molar-refractivity contribution in [1.82, 2.24) is 4.90 Å². The van der Waals surface area contributed by atoms with Crippen LogP contribution in [0.3, 0.4) is 0 Å². The Balaban J connectivity index is 1.73. The van der Waals surface area contributed by atoms with E-state index in [9.17, 15) is 4.79 Å². The maximum Gasteiger partial charge on any atom is 0.289 e. The highest BCUT2D eigenvalue weighted by Gasteiger charge is 2.42. The highest BCUT2D eigenvalue weighted by molar-refractivity contribution is 9.10. The van der Waals surface area contributed by atoms with Crippen LogP contribution >= 0.6 is 15.9 Å². The molecule has 0 radical (unpaired) electrons. The van der Waals surface area contributed by atoms with Gasteiger partial charge >= 0.3 is 0 Å². The monoisotopic (exact) mass is 298 g/mol. The van der Waals surface area contributed by atoms with Crippen molar-refractivity contribution in [3.05, 3.63) is 22.6 Å². The van der Waals surface area contributed by atoms with E-state index in [1.807, 2.05) is 4.90 Å². The number of furan rings is 1. The van der Waals surface area contributed by atoms with Gasteiger partial charge in [0.2, 0.25) is 0 Å². The first kappa shape index (κ1) is 11.3. The van der Waals surface area contributed by atoms with Crippen LogP contribution < -0.4 is 5.73 Å². The van der Waals surface area contributed by atoms with Gasteiger partial charge in [-0.2, -0.15) is 0 Å². The number of carbonyl (C=O) groups excluding carboxylic acids is 1. The van der Waals surface area contributed by atoms with Gasteiger partial charge in [0.05, 0.1) is 0 Å². The lowest BCUT2D eigenvalue weighted by molar-refractivity contribution is 0.0746. The molecular weight excluding hydrogens is 284 g/mol. The predicted molar refractivity (Wildman–Crippen MR) is 66.5 cm³/mol. The molecule has 3 rings (SSSR count). The van der Waals surface area contributed by atoms with Crippen molar-refractivity contribution in [1.29, 1.82) is 0 Å². The number of nitrogens with two attached hydrogens (primary N) is 1. The lowest BCUT2D eigenvalue weighted by Gasteiger charge is -2.17. The Morgan fingerprint density at radius 1 is 1.41 bits per heavy atom. The molecule has 1 aliphatic carbocycles. The van der Waals surface area contributed by atoms with Crippen LogP contribution in [-0.4, -0.2) is 29.9 Å². The lowest BCUT2D eigenvalue weighted by Crippen LogP contribution is -2.33. The highest BCUT2D eigenvalue weighted by atomic mass is 79.9. The van der Waals surface area contributed by atoms with E-state index in [4.69, 9.17) is 10.2 Å². The first-order chi connectivity index (χ1) is 8.15. The molecule has 2 heterocycles. The number of halogens is 1. The number of hydrogen-bond acceptors (Lipinski definition) is 3. The predicted octanol–water partition coefficient (Wildman–Crippen LogP) is 1.85. The second-order valence-corrected chi connectivity index (χ2v) is 5.76. The maximum atomic E-state index is 12.2. The largest absolute Gasteiger partial charge is 0.444 e. The highest BCUT2D eigenvalue weighted by Crippen LogP contribution is 2.37. The molecule has 0 spiro atoms. The Morgan fingerprint density at radius 2 is 2.24 bits per heavy atom. The second-order valence-electron chi connectivity index (χ2n) is 4.98. The summed E-state index contributed by atoms with van der Waals surface area (Å²) in [6.07, 6.45) is 2.25. The summed E-state index contributed by atoms with van der Waals surface area (Å²) in [6, 6.07) is 3.72. The van der Waals surface area contributed by atoms with Crippen LogP contribution in [0.1, 0.15) is 23.4 Å². The van der Waals surface area contributed by atoms with Crippen LogP contribution in [0.5, 0.6) is 0 Å². The summed E-state index contributed by atoms with van der Waals surface area (Å²) < 4.78 is 5.90. The molecule has 1 amide bonds. The Labute approximate surface area is 108 Å². The lowest BCUT2D eigenvalue weighted by atomic mass is 9.98. The van der Waals surface area contributed by atoms with Crippen molar-refractivity contribution in [2.45, 2.75) is 18.9 Å². The van der Waals surface area contributed by atoms with E-state index in [2.05, 4.69) is 15.9 Å². The molecule has 1 aromatic rings. The van der Waals surface area contributed by atoms with Crippen molar-refractivity contribution < 1.29 is 9.21 Å². The topological polar surface area (TPSA) is 59.5 Å². The Kier molecular flexibility index (Phi) is 2.75. The molecule has 3 unspecified atom stereocenters. The summed E-state index contributed by atoms with van der Waals surface area (Å²) >= 11 is 3.21. The number of amides is 1. The summed E-state index contributed by atoms with van der Waals surface area (Å²) in [7, 11) is 0. The molecule has 17 heavy (non-hydrogen) atoms. The molecule has 0 aromatic carbocycles. The number of rotatable bonds is 1. The fourth-order valence-corrected chi connectivity index (χ4v) is 3.36. The number of carbonyl (C=O) groups is 1. The van der Waals surface area contributed by atoms with Crippen molar-refractivity contribution in [3.63, 3.8) is 0 Å². The van der Waals surface area contributed by atoms with Gasteiger partial charge in [0, 0.05) is 19.1 Å². The smallest absolute Gasteiger partial charge is 0.289 e. The van der Waals surface area contributed by atoms with E-state index in [1.54, 1.807) is 12.1 Å². The van der Waals surface area contributed by atoms with E-state index in [1.165, 1.54) is 0 Å². The maximum absolute atomic E-state index is 12.2. The second kappa shape index (κ2) is 4.14. The Bertz CT molecular complexity index is 445. The SMILES string of the molecule is NC1CCC2CN(C(=O)c3ccc(Br)o3)CC12. The molecule has 2 aliphatic rings. The van der Waals surface area contributed by atoms with Crippen LogP contribution in [0.15, 0.2) is 21.2 Å². The van der Waals surface area contributed by atoms with Crippen molar-refractivity contribution in [3.8, 4) is 0 Å². The van der Waals surface area contributed by atoms with Gasteiger partial charge in [0.15, 0.2) is 10.4 Å². The zero-order valence-electron chi connectivity index (χ0n) is 9.43. The molecule has 1 aromatic heterocycles. The fraction of sp³-hybridized carbons (Fsp3) is 0.583. The van der Waals surface area contributed by atoms with Crippen LogP contribution in [-0.2, 0) is 0 Å². The molecule has 3 atom stereocenters.